The third-order valence-electron chi connectivity index (χ3n) is 2.95. The Morgan fingerprint density at radius 1 is 1.37 bits per heavy atom. The molecule has 0 bridgehead atoms. The molecule has 0 spiro atoms. The molecule has 0 aliphatic carbocycles. The van der Waals surface area contributed by atoms with Crippen molar-refractivity contribution in [2.24, 2.45) is 0 Å². The Bertz CT molecular complexity index is 604. The maximum Gasteiger partial charge on any atom is 0.323 e. The molecule has 2 N–H and O–H groups in total. The lowest BCUT2D eigenvalue weighted by Crippen LogP contribution is -2.39. The minimum absolute atomic E-state index is 0.231. The third-order valence-corrected chi connectivity index (χ3v) is 2.95. The van der Waals surface area contributed by atoms with Gasteiger partial charge in [-0.2, -0.15) is 0 Å². The predicted octanol–water partition coefficient (Wildman–Crippen LogP) is -0.547. The molecule has 0 saturated carbocycles. The summed E-state index contributed by atoms with van der Waals surface area (Å²) in [6.45, 7) is -0.458. The van der Waals surface area contributed by atoms with Gasteiger partial charge < -0.3 is 9.67 Å². The lowest BCUT2D eigenvalue weighted by atomic mass is 9.91. The summed E-state index contributed by atoms with van der Waals surface area (Å²) < 4.78 is 1.03. The zero-order valence-corrected chi connectivity index (χ0v) is 9.96. The topological polar surface area (TPSA) is 105 Å². The molecular weight excluding hydrogens is 252 g/mol. The van der Waals surface area contributed by atoms with Crippen LogP contribution in [0.2, 0.25) is 0 Å². The molecule has 1 saturated heterocycles. The second-order valence-corrected chi connectivity index (χ2v) is 4.33. The van der Waals surface area contributed by atoms with Crippen LogP contribution in [0.1, 0.15) is 24.3 Å². The predicted molar refractivity (Wildman–Crippen MR) is 63.5 cm³/mol. The van der Waals surface area contributed by atoms with Crippen molar-refractivity contribution in [1.82, 2.24) is 9.88 Å². The Kier molecular flexibility index (Phi) is 3.46. The smallest absolute Gasteiger partial charge is 0.323 e. The summed E-state index contributed by atoms with van der Waals surface area (Å²) in [5.74, 6) is -2.40. The van der Waals surface area contributed by atoms with Crippen molar-refractivity contribution in [3.05, 3.63) is 34.2 Å². The number of hydrogen-bond acceptors (Lipinski definition) is 4. The van der Waals surface area contributed by atoms with Crippen molar-refractivity contribution in [2.45, 2.75) is 25.3 Å². The van der Waals surface area contributed by atoms with Crippen LogP contribution in [0, 0.1) is 0 Å². The van der Waals surface area contributed by atoms with E-state index < -0.39 is 29.9 Å². The fourth-order valence-electron chi connectivity index (χ4n) is 2.04. The Morgan fingerprint density at radius 3 is 2.74 bits per heavy atom. The van der Waals surface area contributed by atoms with Gasteiger partial charge in [-0.05, 0) is 12.0 Å². The monoisotopic (exact) mass is 264 g/mol. The molecular formula is C12H12N2O5. The Morgan fingerprint density at radius 2 is 2.11 bits per heavy atom. The molecule has 1 fully saturated rings. The van der Waals surface area contributed by atoms with E-state index in [9.17, 15) is 19.2 Å². The summed E-state index contributed by atoms with van der Waals surface area (Å²) in [7, 11) is 0. The van der Waals surface area contributed by atoms with Gasteiger partial charge in [0.2, 0.25) is 11.8 Å². The van der Waals surface area contributed by atoms with Crippen molar-refractivity contribution >= 4 is 17.8 Å². The second-order valence-electron chi connectivity index (χ2n) is 4.33. The van der Waals surface area contributed by atoms with Gasteiger partial charge in [0.15, 0.2) is 0 Å². The van der Waals surface area contributed by atoms with Gasteiger partial charge in [0.25, 0.3) is 5.56 Å². The first kappa shape index (κ1) is 13.0. The van der Waals surface area contributed by atoms with E-state index in [0.29, 0.717) is 12.0 Å². The number of rotatable bonds is 3. The number of piperidine rings is 1. The SMILES string of the molecule is O=C(O)Cn1cc(C2CCC(=O)NC2=O)ccc1=O. The van der Waals surface area contributed by atoms with Crippen molar-refractivity contribution in [1.29, 1.82) is 0 Å². The van der Waals surface area contributed by atoms with E-state index in [-0.39, 0.29) is 12.3 Å². The number of nitrogens with one attached hydrogen (secondary N) is 1. The van der Waals surface area contributed by atoms with Crippen LogP contribution in [0.3, 0.4) is 0 Å². The standard InChI is InChI=1S/C12H12N2O5/c15-9-3-2-8(12(19)13-9)7-1-4-10(16)14(5-7)6-11(17)18/h1,4-5,8H,2-3,6H2,(H,17,18)(H,13,15,19). The highest BCUT2D eigenvalue weighted by Crippen LogP contribution is 2.23. The number of imide groups is 1. The molecule has 0 radical (unpaired) electrons. The number of hydrogen-bond donors (Lipinski definition) is 2. The number of aliphatic carboxylic acids is 1. The van der Waals surface area contributed by atoms with Crippen LogP contribution in [-0.2, 0) is 20.9 Å². The van der Waals surface area contributed by atoms with Crippen molar-refractivity contribution in [2.75, 3.05) is 0 Å². The zero-order chi connectivity index (χ0) is 14.0. The van der Waals surface area contributed by atoms with E-state index in [0.717, 1.165) is 4.57 Å². The fourth-order valence-corrected chi connectivity index (χ4v) is 2.04. The van der Waals surface area contributed by atoms with Gasteiger partial charge in [-0.1, -0.05) is 6.07 Å². The highest BCUT2D eigenvalue weighted by molar-refractivity contribution is 6.00. The quantitative estimate of drug-likeness (QED) is 0.713. The average Bonchev–Trinajstić information content (AvgIpc) is 2.32. The van der Waals surface area contributed by atoms with E-state index in [1.54, 1.807) is 0 Å². The van der Waals surface area contributed by atoms with Crippen LogP contribution >= 0.6 is 0 Å². The van der Waals surface area contributed by atoms with E-state index in [2.05, 4.69) is 5.32 Å². The minimum Gasteiger partial charge on any atom is -0.480 e. The van der Waals surface area contributed by atoms with Crippen LogP contribution in [0.15, 0.2) is 23.1 Å². The molecule has 1 aliphatic heterocycles. The number of pyridine rings is 1. The van der Waals surface area contributed by atoms with Crippen LogP contribution in [0.4, 0.5) is 0 Å². The maximum atomic E-state index is 11.7. The number of nitrogens with zero attached hydrogens (tertiary/aromatic N) is 1. The number of carbonyl (C=O) groups excluding carboxylic acids is 2. The normalized spacial score (nSPS) is 19.1. The maximum absolute atomic E-state index is 11.7. The fraction of sp³-hybridized carbons (Fsp3) is 0.333. The second kappa shape index (κ2) is 5.05. The largest absolute Gasteiger partial charge is 0.480 e. The summed E-state index contributed by atoms with van der Waals surface area (Å²) >= 11 is 0. The molecule has 1 unspecified atom stereocenters. The van der Waals surface area contributed by atoms with Gasteiger partial charge in [-0.25, -0.2) is 0 Å². The van der Waals surface area contributed by atoms with Crippen molar-refractivity contribution in [3.63, 3.8) is 0 Å². The molecule has 7 heteroatoms. The number of amides is 2. The molecule has 1 aromatic heterocycles. The minimum atomic E-state index is -1.14. The molecule has 2 heterocycles. The molecule has 19 heavy (non-hydrogen) atoms. The molecule has 7 nitrogen and oxygen atoms in total. The molecule has 2 rings (SSSR count). The van der Waals surface area contributed by atoms with Gasteiger partial charge in [-0.15, -0.1) is 0 Å². The highest BCUT2D eigenvalue weighted by atomic mass is 16.4. The first-order valence-electron chi connectivity index (χ1n) is 5.73. The lowest BCUT2D eigenvalue weighted by molar-refractivity contribution is -0.138. The molecule has 2 amide bonds. The number of aromatic nitrogens is 1. The Hall–Kier alpha value is -2.44. The van der Waals surface area contributed by atoms with Gasteiger partial charge in [0.05, 0.1) is 5.92 Å². The Balaban J connectivity index is 2.30. The summed E-state index contributed by atoms with van der Waals surface area (Å²) in [6.07, 6.45) is 1.95. The van der Waals surface area contributed by atoms with Crippen molar-refractivity contribution in [3.8, 4) is 0 Å². The first-order valence-corrected chi connectivity index (χ1v) is 5.73. The zero-order valence-electron chi connectivity index (χ0n) is 9.96. The molecule has 1 atom stereocenters. The average molecular weight is 264 g/mol. The van der Waals surface area contributed by atoms with Crippen LogP contribution in [0.25, 0.3) is 0 Å². The summed E-state index contributed by atoms with van der Waals surface area (Å²) in [4.78, 5) is 44.8. The van der Waals surface area contributed by atoms with Crippen LogP contribution < -0.4 is 10.9 Å². The Labute approximate surface area is 107 Å². The molecule has 100 valence electrons. The number of carbonyl (C=O) groups is 3. The molecule has 0 aromatic carbocycles. The summed E-state index contributed by atoms with van der Waals surface area (Å²) in [5.41, 5.74) is 0.0873. The first-order chi connectivity index (χ1) is 8.97. The molecule has 1 aliphatic rings. The highest BCUT2D eigenvalue weighted by Gasteiger charge is 2.28. The van der Waals surface area contributed by atoms with E-state index in [1.807, 2.05) is 0 Å². The lowest BCUT2D eigenvalue weighted by Gasteiger charge is -2.21. The van der Waals surface area contributed by atoms with Gasteiger partial charge in [0, 0.05) is 18.7 Å². The van der Waals surface area contributed by atoms with Crippen LogP contribution in [-0.4, -0.2) is 27.5 Å². The van der Waals surface area contributed by atoms with Crippen molar-refractivity contribution < 1.29 is 19.5 Å². The molecule has 1 aromatic rings. The number of carboxylic acid groups (broad SMARTS) is 1. The van der Waals surface area contributed by atoms with Gasteiger partial charge in [-0.3, -0.25) is 24.5 Å². The number of carboxylic acids is 1. The summed E-state index contributed by atoms with van der Waals surface area (Å²) in [5, 5.41) is 10.9. The third kappa shape index (κ3) is 2.87. The summed E-state index contributed by atoms with van der Waals surface area (Å²) in [6, 6.07) is 2.71. The van der Waals surface area contributed by atoms with Gasteiger partial charge >= 0.3 is 5.97 Å². The van der Waals surface area contributed by atoms with E-state index in [4.69, 9.17) is 5.11 Å². The van der Waals surface area contributed by atoms with E-state index >= 15 is 0 Å². The van der Waals surface area contributed by atoms with E-state index in [1.165, 1.54) is 18.3 Å². The van der Waals surface area contributed by atoms with Gasteiger partial charge in [0.1, 0.15) is 6.54 Å². The van der Waals surface area contributed by atoms with Crippen LogP contribution in [0.5, 0.6) is 0 Å².